The van der Waals surface area contributed by atoms with Crippen molar-refractivity contribution in [1.82, 2.24) is 24.4 Å². The first-order valence-electron chi connectivity index (χ1n) is 8.17. The molecule has 130 valence electrons. The minimum atomic E-state index is -0.807. The molecular weight excluding hydrogens is 360 g/mol. The van der Waals surface area contributed by atoms with Crippen molar-refractivity contribution >= 4 is 17.2 Å². The van der Waals surface area contributed by atoms with Gasteiger partial charge in [-0.25, -0.2) is 18.3 Å². The van der Waals surface area contributed by atoms with Gasteiger partial charge in [0.05, 0.1) is 0 Å². The Morgan fingerprint density at radius 1 is 1.12 bits per heavy atom. The first-order chi connectivity index (χ1) is 12.6. The third kappa shape index (κ3) is 2.10. The molecule has 0 aliphatic carbocycles. The molecule has 1 aromatic carbocycles. The maximum atomic E-state index is 14.7. The summed E-state index contributed by atoms with van der Waals surface area (Å²) in [7, 11) is 0. The molecule has 26 heavy (non-hydrogen) atoms. The maximum absolute atomic E-state index is 14.7. The Hall–Kier alpha value is -2.80. The molecule has 0 spiro atoms. The molecule has 0 radical (unpaired) electrons. The van der Waals surface area contributed by atoms with Crippen LogP contribution in [-0.4, -0.2) is 24.4 Å². The molecule has 8 heteroatoms. The Morgan fingerprint density at radius 2 is 2.00 bits per heavy atom. The molecule has 0 saturated heterocycles. The van der Waals surface area contributed by atoms with E-state index in [1.807, 2.05) is 16.8 Å². The molecular formula is C18H12ClF2N5. The van der Waals surface area contributed by atoms with Gasteiger partial charge in [0.2, 0.25) is 0 Å². The smallest absolute Gasteiger partial charge is 0.163 e. The van der Waals surface area contributed by atoms with E-state index in [0.29, 0.717) is 11.3 Å². The third-order valence-electron chi connectivity index (χ3n) is 4.70. The summed E-state index contributed by atoms with van der Waals surface area (Å²) in [5.74, 6) is -1.60. The molecule has 3 aromatic heterocycles. The number of pyridine rings is 1. The molecule has 0 atom stereocenters. The number of nitrogens with zero attached hydrogens (tertiary/aromatic N) is 5. The number of hydrogen-bond donors (Lipinski definition) is 0. The largest absolute Gasteiger partial charge is 0.268 e. The second-order valence-corrected chi connectivity index (χ2v) is 6.55. The molecule has 0 amide bonds. The van der Waals surface area contributed by atoms with Crippen molar-refractivity contribution in [1.29, 1.82) is 0 Å². The molecule has 0 bridgehead atoms. The summed E-state index contributed by atoms with van der Waals surface area (Å²) in [6.07, 6.45) is 5.06. The normalized spacial score (nSPS) is 13.5. The lowest BCUT2D eigenvalue weighted by molar-refractivity contribution is 0.585. The summed E-state index contributed by atoms with van der Waals surface area (Å²) in [5.41, 5.74) is 3.89. The zero-order valence-electron chi connectivity index (χ0n) is 13.5. The first kappa shape index (κ1) is 15.5. The zero-order chi connectivity index (χ0) is 17.8. The monoisotopic (exact) mass is 371 g/mol. The van der Waals surface area contributed by atoms with Crippen molar-refractivity contribution in [3.8, 4) is 22.4 Å². The molecule has 0 N–H and O–H groups in total. The van der Waals surface area contributed by atoms with Gasteiger partial charge in [0.15, 0.2) is 11.5 Å². The fourth-order valence-electron chi connectivity index (χ4n) is 3.55. The summed E-state index contributed by atoms with van der Waals surface area (Å²) in [5, 5.41) is 8.23. The number of hydrogen-bond acceptors (Lipinski definition) is 3. The van der Waals surface area contributed by atoms with Crippen LogP contribution in [0.5, 0.6) is 0 Å². The lowest BCUT2D eigenvalue weighted by Gasteiger charge is -2.08. The van der Waals surface area contributed by atoms with E-state index in [-0.39, 0.29) is 5.56 Å². The predicted molar refractivity (Wildman–Crippen MR) is 92.9 cm³/mol. The predicted octanol–water partition coefficient (Wildman–Crippen LogP) is 4.14. The number of rotatable bonds is 2. The first-order valence-corrected chi connectivity index (χ1v) is 8.55. The minimum absolute atomic E-state index is 0.176. The minimum Gasteiger partial charge on any atom is -0.268 e. The molecule has 4 heterocycles. The van der Waals surface area contributed by atoms with Crippen LogP contribution in [0.3, 0.4) is 0 Å². The average molecular weight is 372 g/mol. The van der Waals surface area contributed by atoms with Gasteiger partial charge < -0.3 is 0 Å². The molecule has 0 saturated carbocycles. The Bertz CT molecular complexity index is 1160. The highest BCUT2D eigenvalue weighted by Gasteiger charge is 2.27. The summed E-state index contributed by atoms with van der Waals surface area (Å²) in [6, 6.07) is 6.30. The van der Waals surface area contributed by atoms with Gasteiger partial charge in [0.25, 0.3) is 0 Å². The second-order valence-electron chi connectivity index (χ2n) is 6.17. The molecule has 0 unspecified atom stereocenters. The van der Waals surface area contributed by atoms with Crippen molar-refractivity contribution in [3.05, 3.63) is 59.1 Å². The number of fused-ring (bicyclic) bond motifs is 2. The fraction of sp³-hybridized carbons (Fsp3) is 0.167. The summed E-state index contributed by atoms with van der Waals surface area (Å²) in [6.45, 7) is 0.759. The van der Waals surface area contributed by atoms with Crippen LogP contribution in [0.25, 0.3) is 28.0 Å². The fourth-order valence-corrected chi connectivity index (χ4v) is 3.72. The molecule has 0 fully saturated rings. The van der Waals surface area contributed by atoms with E-state index in [4.69, 9.17) is 11.6 Å². The van der Waals surface area contributed by atoms with Crippen LogP contribution in [0.2, 0.25) is 5.02 Å². The zero-order valence-corrected chi connectivity index (χ0v) is 14.2. The van der Waals surface area contributed by atoms with Crippen LogP contribution in [-0.2, 0) is 13.0 Å². The van der Waals surface area contributed by atoms with Crippen LogP contribution >= 0.6 is 11.6 Å². The van der Waals surface area contributed by atoms with Gasteiger partial charge in [0, 0.05) is 35.1 Å². The highest BCUT2D eigenvalue weighted by atomic mass is 35.5. The van der Waals surface area contributed by atoms with Crippen LogP contribution in [0.1, 0.15) is 12.1 Å². The van der Waals surface area contributed by atoms with E-state index < -0.39 is 16.7 Å². The maximum Gasteiger partial charge on any atom is 0.163 e. The number of halogens is 3. The van der Waals surface area contributed by atoms with Gasteiger partial charge >= 0.3 is 0 Å². The van der Waals surface area contributed by atoms with E-state index >= 15 is 0 Å². The van der Waals surface area contributed by atoms with E-state index in [9.17, 15) is 8.78 Å². The van der Waals surface area contributed by atoms with Crippen LogP contribution < -0.4 is 0 Å². The SMILES string of the molecule is Fc1ccc(-c2nn3c(c2-c2cccn4ncnc24)CCC3)c(F)c1Cl. The summed E-state index contributed by atoms with van der Waals surface area (Å²) >= 11 is 5.79. The Kier molecular flexibility index (Phi) is 3.33. The van der Waals surface area contributed by atoms with Gasteiger partial charge in [-0.1, -0.05) is 11.6 Å². The molecule has 5 rings (SSSR count). The van der Waals surface area contributed by atoms with E-state index in [1.54, 1.807) is 10.7 Å². The van der Waals surface area contributed by atoms with E-state index in [1.165, 1.54) is 12.4 Å². The standard InChI is InChI=1S/C18H12ClF2N5/c19-15-12(20)6-5-11(16(15)21)17-14(13-4-2-7-25(13)24-17)10-3-1-8-26-18(10)22-9-23-26/h1,3,5-6,8-9H,2,4,7H2. The van der Waals surface area contributed by atoms with E-state index in [0.717, 1.165) is 42.3 Å². The number of aryl methyl sites for hydroxylation is 1. The third-order valence-corrected chi connectivity index (χ3v) is 5.05. The lowest BCUT2D eigenvalue weighted by atomic mass is 9.98. The van der Waals surface area contributed by atoms with Crippen molar-refractivity contribution in [2.75, 3.05) is 0 Å². The van der Waals surface area contributed by atoms with Gasteiger partial charge in [-0.15, -0.1) is 0 Å². The van der Waals surface area contributed by atoms with Crippen LogP contribution in [0.15, 0.2) is 36.8 Å². The molecule has 1 aliphatic heterocycles. The van der Waals surface area contributed by atoms with Crippen molar-refractivity contribution < 1.29 is 8.78 Å². The van der Waals surface area contributed by atoms with E-state index in [2.05, 4.69) is 15.2 Å². The highest BCUT2D eigenvalue weighted by Crippen LogP contribution is 2.40. The molecule has 1 aliphatic rings. The van der Waals surface area contributed by atoms with Gasteiger partial charge in [-0.3, -0.25) is 4.68 Å². The molecule has 4 aromatic rings. The van der Waals surface area contributed by atoms with Crippen LogP contribution in [0, 0.1) is 11.6 Å². The number of benzene rings is 1. The van der Waals surface area contributed by atoms with Crippen molar-refractivity contribution in [2.45, 2.75) is 19.4 Å². The van der Waals surface area contributed by atoms with Gasteiger partial charge in [-0.2, -0.15) is 10.2 Å². The second kappa shape index (κ2) is 5.60. The Balaban J connectivity index is 1.84. The van der Waals surface area contributed by atoms with Gasteiger partial charge in [-0.05, 0) is 37.1 Å². The number of aromatic nitrogens is 5. The summed E-state index contributed by atoms with van der Waals surface area (Å²) < 4.78 is 31.8. The molecule has 5 nitrogen and oxygen atoms in total. The van der Waals surface area contributed by atoms with Crippen molar-refractivity contribution in [2.24, 2.45) is 0 Å². The van der Waals surface area contributed by atoms with Gasteiger partial charge in [0.1, 0.15) is 22.9 Å². The quantitative estimate of drug-likeness (QED) is 0.498. The van der Waals surface area contributed by atoms with Crippen LogP contribution in [0.4, 0.5) is 8.78 Å². The average Bonchev–Trinajstić information content (AvgIpc) is 3.34. The lowest BCUT2D eigenvalue weighted by Crippen LogP contribution is -1.96. The Morgan fingerprint density at radius 3 is 2.88 bits per heavy atom. The highest BCUT2D eigenvalue weighted by molar-refractivity contribution is 6.31. The van der Waals surface area contributed by atoms with Crippen molar-refractivity contribution in [3.63, 3.8) is 0 Å². The topological polar surface area (TPSA) is 48.0 Å². The summed E-state index contributed by atoms with van der Waals surface area (Å²) in [4.78, 5) is 4.32. The Labute approximate surface area is 151 Å².